The second kappa shape index (κ2) is 5.00. The fraction of sp³-hybridized carbons (Fsp3) is 0.333. The Balaban J connectivity index is 0.000000461. The summed E-state index contributed by atoms with van der Waals surface area (Å²) in [6.07, 6.45) is 0. The molecular weight excluding hydrogens is 179 g/mol. The van der Waals surface area contributed by atoms with Crippen molar-refractivity contribution in [2.75, 3.05) is 19.4 Å². The van der Waals surface area contributed by atoms with Crippen LogP contribution in [0, 0.1) is 0 Å². The number of nitrogens with one attached hydrogen (secondary N) is 1. The van der Waals surface area contributed by atoms with Gasteiger partial charge in [0, 0.05) is 12.7 Å². The molecule has 2 rings (SSSR count). The molecule has 4 N–H and O–H groups in total. The van der Waals surface area contributed by atoms with Crippen molar-refractivity contribution >= 4 is 18.3 Å². The van der Waals surface area contributed by atoms with Gasteiger partial charge in [-0.3, -0.25) is 0 Å². The van der Waals surface area contributed by atoms with E-state index in [1.165, 1.54) is 7.05 Å². The second-order valence-corrected chi connectivity index (χ2v) is 2.83. The Kier molecular flexibility index (Phi) is 3.94. The highest BCUT2D eigenvalue weighted by molar-refractivity contribution is 6.61. The minimum absolute atomic E-state index is 0.514. The van der Waals surface area contributed by atoms with Gasteiger partial charge in [0.2, 0.25) is 0 Å². The van der Waals surface area contributed by atoms with Gasteiger partial charge in [0.15, 0.2) is 0 Å². The Bertz CT molecular complexity index is 307. The topological polar surface area (TPSA) is 67.5 Å². The molecule has 0 radical (unpaired) electrons. The first-order chi connectivity index (χ1) is 6.81. The lowest BCUT2D eigenvalue weighted by Crippen LogP contribution is -2.28. The van der Waals surface area contributed by atoms with E-state index < -0.39 is 7.12 Å². The molecule has 1 aliphatic rings. The summed E-state index contributed by atoms with van der Waals surface area (Å²) in [4.78, 5) is 0. The number of hydrogen-bond acceptors (Lipinski definition) is 4. The lowest BCUT2D eigenvalue weighted by molar-refractivity contribution is 0.275. The normalized spacial score (nSPS) is 13.0. The highest BCUT2D eigenvalue weighted by Gasteiger charge is 2.26. The molecule has 1 aromatic carbocycles. The predicted molar refractivity (Wildman–Crippen MR) is 58.5 cm³/mol. The zero-order chi connectivity index (χ0) is 10.6. The highest BCUT2D eigenvalue weighted by Crippen LogP contribution is 2.13. The van der Waals surface area contributed by atoms with Crippen molar-refractivity contribution in [3.05, 3.63) is 23.8 Å². The van der Waals surface area contributed by atoms with Crippen LogP contribution in [0.1, 0.15) is 5.56 Å². The average Bonchev–Trinajstić information content (AvgIpc) is 2.63. The van der Waals surface area contributed by atoms with Crippen LogP contribution in [0.4, 0.5) is 5.69 Å². The molecule has 5 heteroatoms. The minimum atomic E-state index is -0.742. The minimum Gasteiger partial charge on any atom is -0.423 e. The summed E-state index contributed by atoms with van der Waals surface area (Å²) in [6, 6.07) is 5.85. The van der Waals surface area contributed by atoms with Gasteiger partial charge in [-0.2, -0.15) is 0 Å². The Labute approximate surface area is 84.2 Å². The van der Waals surface area contributed by atoms with Gasteiger partial charge in [0.25, 0.3) is 0 Å². The SMILES string of the molecule is CN.CNc1ccc2c(c1)B(O)OC2. The zero-order valence-corrected chi connectivity index (χ0v) is 8.45. The van der Waals surface area contributed by atoms with Gasteiger partial charge < -0.3 is 20.7 Å². The fourth-order valence-electron chi connectivity index (χ4n) is 1.37. The van der Waals surface area contributed by atoms with Crippen molar-refractivity contribution in [1.82, 2.24) is 0 Å². The van der Waals surface area contributed by atoms with E-state index >= 15 is 0 Å². The highest BCUT2D eigenvalue weighted by atomic mass is 16.5. The number of rotatable bonds is 1. The maximum absolute atomic E-state index is 9.35. The van der Waals surface area contributed by atoms with E-state index in [9.17, 15) is 5.02 Å². The molecule has 0 spiro atoms. The molecule has 1 aromatic rings. The zero-order valence-electron chi connectivity index (χ0n) is 8.45. The quantitative estimate of drug-likeness (QED) is 0.528. The van der Waals surface area contributed by atoms with Crippen LogP contribution in [0.25, 0.3) is 0 Å². The Morgan fingerprint density at radius 1 is 1.50 bits per heavy atom. The number of hydrogen-bond donors (Lipinski definition) is 3. The summed E-state index contributed by atoms with van der Waals surface area (Å²) in [5.74, 6) is 0. The third-order valence-electron chi connectivity index (χ3n) is 2.10. The molecular formula is C9H15BN2O2. The van der Waals surface area contributed by atoms with Crippen LogP contribution in [-0.2, 0) is 11.3 Å². The number of benzene rings is 1. The molecule has 0 atom stereocenters. The van der Waals surface area contributed by atoms with Crippen LogP contribution in [0.15, 0.2) is 18.2 Å². The van der Waals surface area contributed by atoms with Gasteiger partial charge in [-0.1, -0.05) is 6.07 Å². The monoisotopic (exact) mass is 194 g/mol. The Morgan fingerprint density at radius 2 is 2.21 bits per heavy atom. The van der Waals surface area contributed by atoms with Gasteiger partial charge in [0.1, 0.15) is 0 Å². The van der Waals surface area contributed by atoms with Crippen molar-refractivity contribution in [3.63, 3.8) is 0 Å². The largest absolute Gasteiger partial charge is 0.491 e. The van der Waals surface area contributed by atoms with E-state index in [1.54, 1.807) is 0 Å². The molecule has 4 nitrogen and oxygen atoms in total. The van der Waals surface area contributed by atoms with Crippen LogP contribution in [-0.4, -0.2) is 26.2 Å². The summed E-state index contributed by atoms with van der Waals surface area (Å²) < 4.78 is 5.05. The summed E-state index contributed by atoms with van der Waals surface area (Å²) in [7, 11) is 2.61. The molecule has 0 aliphatic carbocycles. The Morgan fingerprint density at radius 3 is 2.86 bits per heavy atom. The summed E-state index contributed by atoms with van der Waals surface area (Å²) >= 11 is 0. The molecule has 0 unspecified atom stereocenters. The second-order valence-electron chi connectivity index (χ2n) is 2.83. The summed E-state index contributed by atoms with van der Waals surface area (Å²) in [5.41, 5.74) is 7.45. The van der Waals surface area contributed by atoms with Gasteiger partial charge in [0.05, 0.1) is 6.61 Å². The van der Waals surface area contributed by atoms with Crippen molar-refractivity contribution < 1.29 is 9.68 Å². The van der Waals surface area contributed by atoms with Crippen molar-refractivity contribution in [1.29, 1.82) is 0 Å². The molecule has 0 fully saturated rings. The van der Waals surface area contributed by atoms with Crippen molar-refractivity contribution in [3.8, 4) is 0 Å². The summed E-state index contributed by atoms with van der Waals surface area (Å²) in [6.45, 7) is 0.514. The lowest BCUT2D eigenvalue weighted by atomic mass is 9.79. The van der Waals surface area contributed by atoms with E-state index in [-0.39, 0.29) is 0 Å². The number of anilines is 1. The van der Waals surface area contributed by atoms with Crippen LogP contribution < -0.4 is 16.5 Å². The first kappa shape index (κ1) is 11.0. The Hall–Kier alpha value is -1.04. The third-order valence-corrected chi connectivity index (χ3v) is 2.10. The van der Waals surface area contributed by atoms with Crippen LogP contribution >= 0.6 is 0 Å². The molecule has 0 saturated carbocycles. The predicted octanol–water partition coefficient (Wildman–Crippen LogP) is -0.479. The molecule has 76 valence electrons. The van der Waals surface area contributed by atoms with E-state index in [4.69, 9.17) is 4.65 Å². The average molecular weight is 194 g/mol. The maximum Gasteiger partial charge on any atom is 0.491 e. The molecule has 1 heterocycles. The fourth-order valence-corrected chi connectivity index (χ4v) is 1.37. The molecule has 0 amide bonds. The van der Waals surface area contributed by atoms with Crippen LogP contribution in [0.2, 0.25) is 0 Å². The van der Waals surface area contributed by atoms with Crippen molar-refractivity contribution in [2.24, 2.45) is 5.73 Å². The molecule has 0 bridgehead atoms. The number of nitrogens with two attached hydrogens (primary N) is 1. The van der Waals surface area contributed by atoms with Gasteiger partial charge in [-0.05, 0) is 30.2 Å². The lowest BCUT2D eigenvalue weighted by Gasteiger charge is -2.02. The standard InChI is InChI=1S/C8H10BNO2.CH5N/c1-10-7-3-2-6-5-12-9(11)8(6)4-7;1-2/h2-4,10-11H,5H2,1H3;2H2,1H3. The first-order valence-electron chi connectivity index (χ1n) is 4.49. The first-order valence-corrected chi connectivity index (χ1v) is 4.49. The molecule has 0 aromatic heterocycles. The van der Waals surface area contributed by atoms with E-state index in [1.807, 2.05) is 25.2 Å². The van der Waals surface area contributed by atoms with E-state index in [0.29, 0.717) is 6.61 Å². The summed E-state index contributed by atoms with van der Waals surface area (Å²) in [5, 5.41) is 12.4. The van der Waals surface area contributed by atoms with Gasteiger partial charge in [-0.25, -0.2) is 0 Å². The van der Waals surface area contributed by atoms with E-state index in [0.717, 1.165) is 16.7 Å². The maximum atomic E-state index is 9.35. The van der Waals surface area contributed by atoms with Crippen LogP contribution in [0.3, 0.4) is 0 Å². The van der Waals surface area contributed by atoms with Gasteiger partial charge in [-0.15, -0.1) is 0 Å². The molecule has 1 aliphatic heterocycles. The van der Waals surface area contributed by atoms with Crippen molar-refractivity contribution in [2.45, 2.75) is 6.61 Å². The molecule has 14 heavy (non-hydrogen) atoms. The smallest absolute Gasteiger partial charge is 0.423 e. The van der Waals surface area contributed by atoms with Gasteiger partial charge >= 0.3 is 7.12 Å². The van der Waals surface area contributed by atoms with Crippen LogP contribution in [0.5, 0.6) is 0 Å². The molecule has 0 saturated heterocycles. The third kappa shape index (κ3) is 2.06. The van der Waals surface area contributed by atoms with E-state index in [2.05, 4.69) is 11.1 Å². The number of fused-ring (bicyclic) bond motifs is 1.